The van der Waals surface area contributed by atoms with Gasteiger partial charge in [0.2, 0.25) is 5.75 Å². The molecule has 0 bridgehead atoms. The molecule has 2 amide bonds. The molecule has 0 aliphatic rings. The van der Waals surface area contributed by atoms with Crippen molar-refractivity contribution in [1.82, 2.24) is 10.3 Å². The van der Waals surface area contributed by atoms with E-state index in [1.807, 2.05) is 30.3 Å². The van der Waals surface area contributed by atoms with Crippen molar-refractivity contribution in [1.29, 1.82) is 0 Å². The van der Waals surface area contributed by atoms with E-state index in [2.05, 4.69) is 15.6 Å². The molecule has 0 saturated heterocycles. The van der Waals surface area contributed by atoms with Gasteiger partial charge < -0.3 is 24.3 Å². The molecule has 178 valence electrons. The fraction of sp³-hybridized carbons (Fsp3) is 0.217. The molecule has 0 unspecified atom stereocenters. The normalized spacial score (nSPS) is 10.2. The summed E-state index contributed by atoms with van der Waals surface area (Å²) in [7, 11) is 4.32. The second-order valence-corrected chi connectivity index (χ2v) is 7.52. The van der Waals surface area contributed by atoms with Crippen molar-refractivity contribution in [2.75, 3.05) is 39.8 Å². The van der Waals surface area contributed by atoms with Crippen molar-refractivity contribution in [3.05, 3.63) is 53.4 Å². The minimum Gasteiger partial charge on any atom is -0.493 e. The summed E-state index contributed by atoms with van der Waals surface area (Å²) in [6.45, 7) is -0.209. The van der Waals surface area contributed by atoms with Crippen molar-refractivity contribution in [3.63, 3.8) is 0 Å². The summed E-state index contributed by atoms with van der Waals surface area (Å²) in [6, 6.07) is 12.4. The number of carbonyl (C=O) groups excluding carboxylic acids is 3. The predicted molar refractivity (Wildman–Crippen MR) is 126 cm³/mol. The highest BCUT2D eigenvalue weighted by Crippen LogP contribution is 2.38. The number of ether oxygens (including phenoxy) is 4. The van der Waals surface area contributed by atoms with Crippen LogP contribution in [0.3, 0.4) is 0 Å². The molecule has 11 heteroatoms. The van der Waals surface area contributed by atoms with Crippen LogP contribution in [0.4, 0.5) is 5.13 Å². The van der Waals surface area contributed by atoms with E-state index >= 15 is 0 Å². The van der Waals surface area contributed by atoms with Crippen LogP contribution in [0.1, 0.15) is 10.4 Å². The first-order valence-corrected chi connectivity index (χ1v) is 10.9. The summed E-state index contributed by atoms with van der Waals surface area (Å²) >= 11 is 1.21. The lowest BCUT2D eigenvalue weighted by Gasteiger charge is -2.13. The van der Waals surface area contributed by atoms with Gasteiger partial charge in [-0.25, -0.2) is 9.78 Å². The lowest BCUT2D eigenvalue weighted by molar-refractivity contribution is -0.136. The molecule has 0 aliphatic heterocycles. The number of nitrogens with zero attached hydrogens (tertiary/aromatic N) is 1. The van der Waals surface area contributed by atoms with Gasteiger partial charge in [-0.3, -0.25) is 14.9 Å². The Labute approximate surface area is 199 Å². The van der Waals surface area contributed by atoms with E-state index < -0.39 is 17.8 Å². The third kappa shape index (κ3) is 6.01. The Balaban J connectivity index is 1.47. The first kappa shape index (κ1) is 24.5. The van der Waals surface area contributed by atoms with Gasteiger partial charge in [-0.2, -0.15) is 0 Å². The second kappa shape index (κ2) is 11.7. The molecule has 3 aromatic rings. The highest BCUT2D eigenvalue weighted by atomic mass is 32.1. The van der Waals surface area contributed by atoms with Crippen LogP contribution in [0.15, 0.2) is 47.8 Å². The molecule has 34 heavy (non-hydrogen) atoms. The Kier molecular flexibility index (Phi) is 8.41. The molecule has 0 aliphatic carbocycles. The number of hydrogen-bond donors (Lipinski definition) is 2. The number of esters is 1. The van der Waals surface area contributed by atoms with E-state index in [4.69, 9.17) is 18.9 Å². The number of amides is 2. The summed E-state index contributed by atoms with van der Waals surface area (Å²) in [5, 5.41) is 6.93. The molecule has 10 nitrogen and oxygen atoms in total. The molecule has 3 rings (SSSR count). The van der Waals surface area contributed by atoms with Crippen LogP contribution in [-0.2, 0) is 14.3 Å². The zero-order chi connectivity index (χ0) is 24.5. The van der Waals surface area contributed by atoms with E-state index in [-0.39, 0.29) is 18.7 Å². The van der Waals surface area contributed by atoms with Gasteiger partial charge in [0.05, 0.1) is 39.1 Å². The summed E-state index contributed by atoms with van der Waals surface area (Å²) in [6.07, 6.45) is 0. The summed E-state index contributed by atoms with van der Waals surface area (Å²) in [4.78, 5) is 40.8. The Morgan fingerprint density at radius 1 is 0.941 bits per heavy atom. The van der Waals surface area contributed by atoms with Crippen LogP contribution in [0.25, 0.3) is 11.3 Å². The van der Waals surface area contributed by atoms with Gasteiger partial charge in [-0.1, -0.05) is 30.3 Å². The SMILES string of the molecule is COc1cc(C(=O)OCCNC(=O)C(=O)Nc2nc(-c3ccccc3)cs2)cc(OC)c1OC. The van der Waals surface area contributed by atoms with Crippen LogP contribution in [-0.4, -0.2) is 57.2 Å². The maximum absolute atomic E-state index is 12.3. The van der Waals surface area contributed by atoms with Gasteiger partial charge in [-0.05, 0) is 12.1 Å². The lowest BCUT2D eigenvalue weighted by atomic mass is 10.2. The first-order chi connectivity index (χ1) is 16.5. The minimum absolute atomic E-state index is 0.0600. The number of rotatable bonds is 9. The third-order valence-electron chi connectivity index (χ3n) is 4.52. The summed E-state index contributed by atoms with van der Waals surface area (Å²) in [5.74, 6) is -1.46. The molecule has 0 radical (unpaired) electrons. The molecule has 0 spiro atoms. The molecular weight excluding hydrogens is 462 g/mol. The Bertz CT molecular complexity index is 1140. The summed E-state index contributed by atoms with van der Waals surface area (Å²) in [5.41, 5.74) is 1.77. The number of anilines is 1. The molecule has 2 N–H and O–H groups in total. The zero-order valence-electron chi connectivity index (χ0n) is 18.7. The van der Waals surface area contributed by atoms with Crippen molar-refractivity contribution < 1.29 is 33.3 Å². The van der Waals surface area contributed by atoms with Gasteiger partial charge in [0, 0.05) is 10.9 Å². The van der Waals surface area contributed by atoms with Crippen LogP contribution >= 0.6 is 11.3 Å². The summed E-state index contributed by atoms with van der Waals surface area (Å²) < 4.78 is 20.8. The van der Waals surface area contributed by atoms with Gasteiger partial charge in [-0.15, -0.1) is 11.3 Å². The average Bonchev–Trinajstić information content (AvgIpc) is 3.34. The Hall–Kier alpha value is -4.12. The highest BCUT2D eigenvalue weighted by molar-refractivity contribution is 7.14. The van der Waals surface area contributed by atoms with Crippen molar-refractivity contribution in [2.45, 2.75) is 0 Å². The number of benzene rings is 2. The molecule has 0 fully saturated rings. The minimum atomic E-state index is -0.875. The number of aromatic nitrogens is 1. The number of hydrogen-bond acceptors (Lipinski definition) is 9. The van der Waals surface area contributed by atoms with Crippen molar-refractivity contribution >= 4 is 34.3 Å². The lowest BCUT2D eigenvalue weighted by Crippen LogP contribution is -2.37. The molecule has 0 atom stereocenters. The van der Waals surface area contributed by atoms with Gasteiger partial charge in [0.25, 0.3) is 0 Å². The van der Waals surface area contributed by atoms with E-state index in [9.17, 15) is 14.4 Å². The maximum Gasteiger partial charge on any atom is 0.338 e. The molecule has 1 aromatic heterocycles. The number of methoxy groups -OCH3 is 3. The van der Waals surface area contributed by atoms with Crippen LogP contribution in [0.2, 0.25) is 0 Å². The zero-order valence-corrected chi connectivity index (χ0v) is 19.6. The largest absolute Gasteiger partial charge is 0.493 e. The van der Waals surface area contributed by atoms with E-state index in [1.165, 1.54) is 44.8 Å². The number of carbonyl (C=O) groups is 3. The van der Waals surface area contributed by atoms with Crippen LogP contribution < -0.4 is 24.8 Å². The van der Waals surface area contributed by atoms with Crippen LogP contribution in [0.5, 0.6) is 17.2 Å². The fourth-order valence-electron chi connectivity index (χ4n) is 2.90. The molecule has 1 heterocycles. The first-order valence-electron chi connectivity index (χ1n) is 10.0. The smallest absolute Gasteiger partial charge is 0.338 e. The predicted octanol–water partition coefficient (Wildman–Crippen LogP) is 2.75. The highest BCUT2D eigenvalue weighted by Gasteiger charge is 2.19. The van der Waals surface area contributed by atoms with Crippen molar-refractivity contribution in [3.8, 4) is 28.5 Å². The second-order valence-electron chi connectivity index (χ2n) is 6.66. The molecule has 2 aromatic carbocycles. The van der Waals surface area contributed by atoms with E-state index in [0.29, 0.717) is 28.1 Å². The van der Waals surface area contributed by atoms with Gasteiger partial charge >= 0.3 is 17.8 Å². The monoisotopic (exact) mass is 485 g/mol. The van der Waals surface area contributed by atoms with Gasteiger partial charge in [0.1, 0.15) is 6.61 Å². The topological polar surface area (TPSA) is 125 Å². The number of thiazole rings is 1. The average molecular weight is 486 g/mol. The fourth-order valence-corrected chi connectivity index (χ4v) is 3.61. The standard InChI is InChI=1S/C23H23N3O7S/c1-30-17-11-15(12-18(31-2)19(17)32-3)22(29)33-10-9-24-20(27)21(28)26-23-25-16(13-34-23)14-7-5-4-6-8-14/h4-8,11-13H,9-10H2,1-3H3,(H,24,27)(H,25,26,28). The molecular formula is C23H23N3O7S. The van der Waals surface area contributed by atoms with Gasteiger partial charge in [0.15, 0.2) is 16.6 Å². The Morgan fingerprint density at radius 3 is 2.24 bits per heavy atom. The molecule has 0 saturated carbocycles. The van der Waals surface area contributed by atoms with Crippen molar-refractivity contribution in [2.24, 2.45) is 0 Å². The van der Waals surface area contributed by atoms with Crippen LogP contribution in [0, 0.1) is 0 Å². The quantitative estimate of drug-likeness (QED) is 0.269. The maximum atomic E-state index is 12.3. The number of nitrogens with one attached hydrogen (secondary N) is 2. The van der Waals surface area contributed by atoms with E-state index in [1.54, 1.807) is 5.38 Å². The Morgan fingerprint density at radius 2 is 1.62 bits per heavy atom. The third-order valence-corrected chi connectivity index (χ3v) is 5.28. The van der Waals surface area contributed by atoms with E-state index in [0.717, 1.165) is 5.56 Å².